The van der Waals surface area contributed by atoms with Gasteiger partial charge >= 0.3 is 0 Å². The van der Waals surface area contributed by atoms with Gasteiger partial charge in [-0.2, -0.15) is 0 Å². The second kappa shape index (κ2) is 8.52. The van der Waals surface area contributed by atoms with Gasteiger partial charge in [0.15, 0.2) is 0 Å². The number of nitrogens with zero attached hydrogens (tertiary/aromatic N) is 7. The first-order chi connectivity index (χ1) is 13.7. The Labute approximate surface area is 165 Å². The zero-order valence-electron chi connectivity index (χ0n) is 16.4. The zero-order valence-corrected chi connectivity index (χ0v) is 16.4. The molecule has 0 unspecified atom stereocenters. The van der Waals surface area contributed by atoms with Crippen LogP contribution in [0.1, 0.15) is 17.3 Å². The summed E-state index contributed by atoms with van der Waals surface area (Å²) in [5, 5.41) is 0. The molecular weight excluding hydrogens is 354 g/mol. The largest absolute Gasteiger partial charge is 0.354 e. The SMILES string of the molecule is CCN1CCN(c2cc(C(=O)N3CCN(c4ncccn4)CC3)ccn2)CC1. The molecule has 2 saturated heterocycles. The van der Waals surface area contributed by atoms with Crippen LogP contribution in [0.5, 0.6) is 0 Å². The molecule has 0 N–H and O–H groups in total. The van der Waals surface area contributed by atoms with Gasteiger partial charge < -0.3 is 19.6 Å². The summed E-state index contributed by atoms with van der Waals surface area (Å²) >= 11 is 0. The van der Waals surface area contributed by atoms with Gasteiger partial charge in [0.05, 0.1) is 0 Å². The summed E-state index contributed by atoms with van der Waals surface area (Å²) in [6.07, 6.45) is 5.25. The smallest absolute Gasteiger partial charge is 0.254 e. The molecule has 0 spiro atoms. The number of likely N-dealkylation sites (N-methyl/N-ethyl adjacent to an activating group) is 1. The van der Waals surface area contributed by atoms with Gasteiger partial charge in [0.2, 0.25) is 5.95 Å². The molecule has 8 heteroatoms. The summed E-state index contributed by atoms with van der Waals surface area (Å²) in [7, 11) is 0. The number of piperazine rings is 2. The van der Waals surface area contributed by atoms with E-state index in [9.17, 15) is 4.79 Å². The van der Waals surface area contributed by atoms with Gasteiger partial charge in [-0.3, -0.25) is 4.79 Å². The highest BCUT2D eigenvalue weighted by atomic mass is 16.2. The number of aromatic nitrogens is 3. The molecule has 148 valence electrons. The standard InChI is InChI=1S/C20H27N7O/c1-2-24-8-10-25(11-9-24)18-16-17(4-7-21-18)19(28)26-12-14-27(15-13-26)20-22-5-3-6-23-20/h3-7,16H,2,8-15H2,1H3. The number of rotatable bonds is 4. The third-order valence-corrected chi connectivity index (χ3v) is 5.54. The first-order valence-corrected chi connectivity index (χ1v) is 9.99. The van der Waals surface area contributed by atoms with Crippen LogP contribution in [-0.4, -0.2) is 89.6 Å². The predicted octanol–water partition coefficient (Wildman–Crippen LogP) is 0.976. The maximum Gasteiger partial charge on any atom is 0.254 e. The third-order valence-electron chi connectivity index (χ3n) is 5.54. The Morgan fingerprint density at radius 1 is 0.893 bits per heavy atom. The molecule has 0 aromatic carbocycles. The second-order valence-corrected chi connectivity index (χ2v) is 7.15. The molecule has 0 bridgehead atoms. The minimum atomic E-state index is 0.0736. The number of pyridine rings is 1. The van der Waals surface area contributed by atoms with Crippen LogP contribution in [0.4, 0.5) is 11.8 Å². The Hall–Kier alpha value is -2.74. The van der Waals surface area contributed by atoms with Crippen molar-refractivity contribution >= 4 is 17.7 Å². The second-order valence-electron chi connectivity index (χ2n) is 7.15. The van der Waals surface area contributed by atoms with E-state index < -0.39 is 0 Å². The van der Waals surface area contributed by atoms with Crippen molar-refractivity contribution in [3.63, 3.8) is 0 Å². The maximum atomic E-state index is 13.0. The molecule has 2 aliphatic rings. The van der Waals surface area contributed by atoms with Gasteiger partial charge in [0, 0.05) is 76.5 Å². The van der Waals surface area contributed by atoms with Gasteiger partial charge in [-0.05, 0) is 24.7 Å². The average Bonchev–Trinajstić information content (AvgIpc) is 2.79. The van der Waals surface area contributed by atoms with Gasteiger partial charge in [0.25, 0.3) is 5.91 Å². The van der Waals surface area contributed by atoms with E-state index in [0.717, 1.165) is 57.6 Å². The number of anilines is 2. The predicted molar refractivity (Wildman–Crippen MR) is 109 cm³/mol. The third kappa shape index (κ3) is 4.06. The van der Waals surface area contributed by atoms with Crippen LogP contribution in [0.15, 0.2) is 36.8 Å². The lowest BCUT2D eigenvalue weighted by Gasteiger charge is -2.36. The number of carbonyl (C=O) groups is 1. The normalized spacial score (nSPS) is 18.4. The summed E-state index contributed by atoms with van der Waals surface area (Å²) in [5.74, 6) is 1.70. The van der Waals surface area contributed by atoms with Crippen molar-refractivity contribution in [2.24, 2.45) is 0 Å². The quantitative estimate of drug-likeness (QED) is 0.782. The zero-order chi connectivity index (χ0) is 19.3. The van der Waals surface area contributed by atoms with Crippen LogP contribution in [0.25, 0.3) is 0 Å². The lowest BCUT2D eigenvalue weighted by atomic mass is 10.2. The van der Waals surface area contributed by atoms with E-state index in [1.54, 1.807) is 18.6 Å². The van der Waals surface area contributed by atoms with E-state index in [1.165, 1.54) is 0 Å². The van der Waals surface area contributed by atoms with Gasteiger partial charge in [-0.1, -0.05) is 6.92 Å². The van der Waals surface area contributed by atoms with Crippen LogP contribution in [0.3, 0.4) is 0 Å². The Bertz CT molecular complexity index is 784. The highest BCUT2D eigenvalue weighted by molar-refractivity contribution is 5.95. The molecule has 0 atom stereocenters. The lowest BCUT2D eigenvalue weighted by molar-refractivity contribution is 0.0746. The lowest BCUT2D eigenvalue weighted by Crippen LogP contribution is -2.49. The molecule has 4 heterocycles. The van der Waals surface area contributed by atoms with Gasteiger partial charge in [-0.25, -0.2) is 15.0 Å². The fraction of sp³-hybridized carbons (Fsp3) is 0.500. The van der Waals surface area contributed by atoms with Crippen LogP contribution >= 0.6 is 0 Å². The van der Waals surface area contributed by atoms with Crippen molar-refractivity contribution in [1.82, 2.24) is 24.8 Å². The summed E-state index contributed by atoms with van der Waals surface area (Å²) in [6, 6.07) is 5.57. The number of amides is 1. The van der Waals surface area contributed by atoms with Crippen molar-refractivity contribution in [2.45, 2.75) is 6.92 Å². The molecule has 8 nitrogen and oxygen atoms in total. The van der Waals surface area contributed by atoms with Crippen LogP contribution in [0, 0.1) is 0 Å². The van der Waals surface area contributed by atoms with Crippen LogP contribution in [0.2, 0.25) is 0 Å². The number of hydrogen-bond donors (Lipinski definition) is 0. The molecule has 2 aromatic heterocycles. The van der Waals surface area contributed by atoms with Crippen molar-refractivity contribution < 1.29 is 4.79 Å². The van der Waals surface area contributed by atoms with Crippen LogP contribution < -0.4 is 9.80 Å². The Balaban J connectivity index is 1.38. The molecule has 0 aliphatic carbocycles. The highest BCUT2D eigenvalue weighted by Gasteiger charge is 2.24. The highest BCUT2D eigenvalue weighted by Crippen LogP contribution is 2.18. The summed E-state index contributed by atoms with van der Waals surface area (Å²) in [6.45, 7) is 10.1. The summed E-state index contributed by atoms with van der Waals surface area (Å²) < 4.78 is 0. The minimum absolute atomic E-state index is 0.0736. The fourth-order valence-corrected chi connectivity index (χ4v) is 3.76. The summed E-state index contributed by atoms with van der Waals surface area (Å²) in [4.78, 5) is 34.8. The van der Waals surface area contributed by atoms with E-state index >= 15 is 0 Å². The van der Waals surface area contributed by atoms with E-state index in [2.05, 4.69) is 36.6 Å². The maximum absolute atomic E-state index is 13.0. The molecule has 0 saturated carbocycles. The Morgan fingerprint density at radius 3 is 2.25 bits per heavy atom. The van der Waals surface area contributed by atoms with Crippen molar-refractivity contribution in [3.05, 3.63) is 42.4 Å². The molecule has 1 amide bonds. The van der Waals surface area contributed by atoms with Crippen molar-refractivity contribution in [2.75, 3.05) is 68.7 Å². The Morgan fingerprint density at radius 2 is 1.57 bits per heavy atom. The molecule has 2 fully saturated rings. The summed E-state index contributed by atoms with van der Waals surface area (Å²) in [5.41, 5.74) is 0.715. The van der Waals surface area contributed by atoms with E-state index in [0.29, 0.717) is 18.7 Å². The first-order valence-electron chi connectivity index (χ1n) is 9.99. The molecular formula is C20H27N7O. The molecule has 4 rings (SSSR count). The number of hydrogen-bond acceptors (Lipinski definition) is 7. The van der Waals surface area contributed by atoms with Crippen molar-refractivity contribution in [3.8, 4) is 0 Å². The van der Waals surface area contributed by atoms with E-state index in [-0.39, 0.29) is 5.91 Å². The van der Waals surface area contributed by atoms with E-state index in [4.69, 9.17) is 0 Å². The fourth-order valence-electron chi connectivity index (χ4n) is 3.76. The molecule has 28 heavy (non-hydrogen) atoms. The number of carbonyl (C=O) groups excluding carboxylic acids is 1. The first kappa shape index (κ1) is 18.6. The van der Waals surface area contributed by atoms with Crippen molar-refractivity contribution in [1.29, 1.82) is 0 Å². The average molecular weight is 381 g/mol. The minimum Gasteiger partial charge on any atom is -0.354 e. The van der Waals surface area contributed by atoms with E-state index in [1.807, 2.05) is 23.1 Å². The van der Waals surface area contributed by atoms with Crippen LogP contribution in [-0.2, 0) is 0 Å². The molecule has 2 aliphatic heterocycles. The topological polar surface area (TPSA) is 68.7 Å². The Kier molecular flexibility index (Phi) is 5.66. The van der Waals surface area contributed by atoms with Gasteiger partial charge in [-0.15, -0.1) is 0 Å². The monoisotopic (exact) mass is 381 g/mol. The molecule has 0 radical (unpaired) electrons. The molecule has 2 aromatic rings. The van der Waals surface area contributed by atoms with Gasteiger partial charge in [0.1, 0.15) is 5.82 Å².